The fourth-order valence-electron chi connectivity index (χ4n) is 2.02. The zero-order valence-electron chi connectivity index (χ0n) is 10.0. The molecule has 0 radical (unpaired) electrons. The van der Waals surface area contributed by atoms with E-state index >= 15 is 0 Å². The molecule has 17 heavy (non-hydrogen) atoms. The summed E-state index contributed by atoms with van der Waals surface area (Å²) in [6.07, 6.45) is 0.580. The second-order valence-electron chi connectivity index (χ2n) is 4.43. The molecule has 2 rings (SSSR count). The molecule has 2 N–H and O–H groups in total. The smallest absolute Gasteiger partial charge is 0.410 e. The maximum atomic E-state index is 11.8. The molecule has 92 valence electrons. The topological polar surface area (TPSA) is 55.6 Å². The molecule has 1 aromatic carbocycles. The highest BCUT2D eigenvalue weighted by Crippen LogP contribution is 2.17. The predicted molar refractivity (Wildman–Crippen MR) is 65.4 cm³/mol. The van der Waals surface area contributed by atoms with Crippen LogP contribution in [-0.2, 0) is 11.3 Å². The standard InChI is InChI=1S/C13H18N2O2/c1-10-12(14)7-8-15(10)13(16)17-9-11-5-3-2-4-6-11/h2-6,10,12H,7-9,14H2,1H3. The van der Waals surface area contributed by atoms with Crippen molar-refractivity contribution < 1.29 is 9.53 Å². The van der Waals surface area contributed by atoms with Gasteiger partial charge in [0, 0.05) is 18.6 Å². The Balaban J connectivity index is 1.86. The average Bonchev–Trinajstić information content (AvgIpc) is 2.69. The number of hydrogen-bond acceptors (Lipinski definition) is 3. The van der Waals surface area contributed by atoms with Crippen molar-refractivity contribution in [1.29, 1.82) is 0 Å². The van der Waals surface area contributed by atoms with Gasteiger partial charge in [0.05, 0.1) is 0 Å². The van der Waals surface area contributed by atoms with Crippen LogP contribution in [0.1, 0.15) is 18.9 Å². The van der Waals surface area contributed by atoms with Gasteiger partial charge in [0.2, 0.25) is 0 Å². The summed E-state index contributed by atoms with van der Waals surface area (Å²) in [7, 11) is 0. The first-order valence-electron chi connectivity index (χ1n) is 5.91. The number of nitrogens with zero attached hydrogens (tertiary/aromatic N) is 1. The van der Waals surface area contributed by atoms with Crippen molar-refractivity contribution in [2.24, 2.45) is 5.73 Å². The largest absolute Gasteiger partial charge is 0.445 e. The summed E-state index contributed by atoms with van der Waals surface area (Å²) < 4.78 is 5.26. The molecule has 1 amide bonds. The molecule has 1 aromatic rings. The highest BCUT2D eigenvalue weighted by molar-refractivity contribution is 5.68. The number of carbonyl (C=O) groups excluding carboxylic acids is 1. The highest BCUT2D eigenvalue weighted by atomic mass is 16.6. The van der Waals surface area contributed by atoms with E-state index in [0.717, 1.165) is 12.0 Å². The Morgan fingerprint density at radius 3 is 2.76 bits per heavy atom. The fourth-order valence-corrected chi connectivity index (χ4v) is 2.02. The third kappa shape index (κ3) is 2.77. The van der Waals surface area contributed by atoms with Crippen LogP contribution in [0.2, 0.25) is 0 Å². The Hall–Kier alpha value is -1.55. The minimum absolute atomic E-state index is 0.0678. The molecule has 0 aromatic heterocycles. The van der Waals surface area contributed by atoms with E-state index in [1.54, 1.807) is 4.90 Å². The first-order valence-corrected chi connectivity index (χ1v) is 5.91. The van der Waals surface area contributed by atoms with Gasteiger partial charge in [-0.3, -0.25) is 0 Å². The van der Waals surface area contributed by atoms with Crippen LogP contribution in [0, 0.1) is 0 Å². The summed E-state index contributed by atoms with van der Waals surface area (Å²) in [4.78, 5) is 13.5. The van der Waals surface area contributed by atoms with Gasteiger partial charge < -0.3 is 15.4 Å². The third-order valence-electron chi connectivity index (χ3n) is 3.25. The number of benzene rings is 1. The van der Waals surface area contributed by atoms with Gasteiger partial charge in [-0.25, -0.2) is 4.79 Å². The maximum Gasteiger partial charge on any atom is 0.410 e. The monoisotopic (exact) mass is 234 g/mol. The van der Waals surface area contributed by atoms with E-state index in [2.05, 4.69) is 0 Å². The van der Waals surface area contributed by atoms with Gasteiger partial charge in [-0.2, -0.15) is 0 Å². The summed E-state index contributed by atoms with van der Waals surface area (Å²) in [5, 5.41) is 0. The minimum atomic E-state index is -0.269. The van der Waals surface area contributed by atoms with Crippen LogP contribution in [0.25, 0.3) is 0 Å². The Morgan fingerprint density at radius 1 is 1.47 bits per heavy atom. The van der Waals surface area contributed by atoms with Crippen molar-refractivity contribution in [2.45, 2.75) is 32.0 Å². The van der Waals surface area contributed by atoms with Crippen LogP contribution < -0.4 is 5.73 Å². The molecular weight excluding hydrogens is 216 g/mol. The van der Waals surface area contributed by atoms with E-state index < -0.39 is 0 Å². The number of likely N-dealkylation sites (tertiary alicyclic amines) is 1. The molecular formula is C13H18N2O2. The van der Waals surface area contributed by atoms with Gasteiger partial charge >= 0.3 is 6.09 Å². The van der Waals surface area contributed by atoms with Crippen molar-refractivity contribution in [3.05, 3.63) is 35.9 Å². The van der Waals surface area contributed by atoms with E-state index in [1.807, 2.05) is 37.3 Å². The molecule has 4 nitrogen and oxygen atoms in total. The van der Waals surface area contributed by atoms with E-state index in [-0.39, 0.29) is 18.2 Å². The van der Waals surface area contributed by atoms with Crippen LogP contribution >= 0.6 is 0 Å². The quantitative estimate of drug-likeness (QED) is 0.848. The van der Waals surface area contributed by atoms with Crippen LogP contribution in [0.3, 0.4) is 0 Å². The van der Waals surface area contributed by atoms with Gasteiger partial charge in [-0.1, -0.05) is 30.3 Å². The lowest BCUT2D eigenvalue weighted by atomic mass is 10.2. The highest BCUT2D eigenvalue weighted by Gasteiger charge is 2.32. The molecule has 1 fully saturated rings. The second-order valence-corrected chi connectivity index (χ2v) is 4.43. The summed E-state index contributed by atoms with van der Waals surface area (Å²) in [5.74, 6) is 0. The number of hydrogen-bond donors (Lipinski definition) is 1. The maximum absolute atomic E-state index is 11.8. The summed E-state index contributed by atoms with van der Waals surface area (Å²) in [5.41, 5.74) is 6.86. The molecule has 1 saturated heterocycles. The Morgan fingerprint density at radius 2 is 2.18 bits per heavy atom. The minimum Gasteiger partial charge on any atom is -0.445 e. The SMILES string of the molecule is CC1C(N)CCN1C(=O)OCc1ccccc1. The number of amides is 1. The number of carbonyl (C=O) groups is 1. The molecule has 1 heterocycles. The van der Waals surface area contributed by atoms with Crippen molar-refractivity contribution in [3.8, 4) is 0 Å². The van der Waals surface area contributed by atoms with Crippen molar-refractivity contribution >= 4 is 6.09 Å². The summed E-state index contributed by atoms with van der Waals surface area (Å²) in [6.45, 7) is 2.97. The summed E-state index contributed by atoms with van der Waals surface area (Å²) in [6, 6.07) is 9.80. The lowest BCUT2D eigenvalue weighted by molar-refractivity contribution is 0.0934. The first-order chi connectivity index (χ1) is 8.18. The molecule has 4 heteroatoms. The third-order valence-corrected chi connectivity index (χ3v) is 3.25. The lowest BCUT2D eigenvalue weighted by Gasteiger charge is -2.22. The average molecular weight is 234 g/mol. The fraction of sp³-hybridized carbons (Fsp3) is 0.462. The zero-order valence-corrected chi connectivity index (χ0v) is 10.0. The van der Waals surface area contributed by atoms with Gasteiger partial charge in [0.1, 0.15) is 6.61 Å². The molecule has 2 unspecified atom stereocenters. The predicted octanol–water partition coefficient (Wildman–Crippen LogP) is 1.74. The summed E-state index contributed by atoms with van der Waals surface area (Å²) >= 11 is 0. The molecule has 0 saturated carbocycles. The molecule has 0 bridgehead atoms. The molecule has 0 aliphatic carbocycles. The molecule has 2 atom stereocenters. The van der Waals surface area contributed by atoms with Gasteiger partial charge in [0.15, 0.2) is 0 Å². The van der Waals surface area contributed by atoms with Crippen LogP contribution in [-0.4, -0.2) is 29.6 Å². The van der Waals surface area contributed by atoms with Crippen molar-refractivity contribution in [3.63, 3.8) is 0 Å². The lowest BCUT2D eigenvalue weighted by Crippen LogP contribution is -2.40. The van der Waals surface area contributed by atoms with Gasteiger partial charge in [0.25, 0.3) is 0 Å². The van der Waals surface area contributed by atoms with Crippen LogP contribution in [0.5, 0.6) is 0 Å². The zero-order chi connectivity index (χ0) is 12.3. The number of ether oxygens (including phenoxy) is 1. The van der Waals surface area contributed by atoms with Gasteiger partial charge in [-0.05, 0) is 18.9 Å². The normalized spacial score (nSPS) is 23.8. The van der Waals surface area contributed by atoms with Crippen LogP contribution in [0.4, 0.5) is 4.79 Å². The van der Waals surface area contributed by atoms with E-state index in [4.69, 9.17) is 10.5 Å². The van der Waals surface area contributed by atoms with Crippen molar-refractivity contribution in [1.82, 2.24) is 4.90 Å². The molecule has 1 aliphatic heterocycles. The van der Waals surface area contributed by atoms with E-state index in [1.165, 1.54) is 0 Å². The second kappa shape index (κ2) is 5.19. The first kappa shape index (κ1) is 11.9. The van der Waals surface area contributed by atoms with Crippen LogP contribution in [0.15, 0.2) is 30.3 Å². The Labute approximate surface area is 101 Å². The molecule has 1 aliphatic rings. The Kier molecular flexibility index (Phi) is 3.64. The van der Waals surface area contributed by atoms with Crippen molar-refractivity contribution in [2.75, 3.05) is 6.54 Å². The van der Waals surface area contributed by atoms with E-state index in [9.17, 15) is 4.79 Å². The van der Waals surface area contributed by atoms with Gasteiger partial charge in [-0.15, -0.1) is 0 Å². The number of nitrogens with two attached hydrogens (primary N) is 1. The number of rotatable bonds is 2. The molecule has 0 spiro atoms. The Bertz CT molecular complexity index is 380. The van der Waals surface area contributed by atoms with E-state index in [0.29, 0.717) is 13.2 Å².